The third kappa shape index (κ3) is 4.83. The van der Waals surface area contributed by atoms with Gasteiger partial charge in [0.15, 0.2) is 6.61 Å². The average molecular weight is 383 g/mol. The summed E-state index contributed by atoms with van der Waals surface area (Å²) in [4.78, 5) is 13.0. The highest BCUT2D eigenvalue weighted by Crippen LogP contribution is 2.18. The number of nitrogens with two attached hydrogens (primary N) is 1. The largest absolute Gasteiger partial charge is 0.484 e. The Kier molecular flexibility index (Phi) is 5.37. The molecule has 0 aliphatic heterocycles. The van der Waals surface area contributed by atoms with E-state index in [0.717, 1.165) is 10.8 Å². The fourth-order valence-corrected chi connectivity index (χ4v) is 3.19. The van der Waals surface area contributed by atoms with Gasteiger partial charge in [0.05, 0.1) is 11.1 Å². The Morgan fingerprint density at radius 3 is 2.44 bits per heavy atom. The molecule has 27 heavy (non-hydrogen) atoms. The number of carbonyl (C=O) groups excluding carboxylic acids is 1. The summed E-state index contributed by atoms with van der Waals surface area (Å²) in [5, 5.41) is 5.58. The molecule has 7 nitrogen and oxygen atoms in total. The Labute approximate surface area is 156 Å². The Bertz CT molecular complexity index is 1090. The van der Waals surface area contributed by atoms with Crippen LogP contribution in [-0.2, 0) is 14.8 Å². The molecule has 1 amide bonds. The Balaban J connectivity index is 1.67. The molecule has 138 valence electrons. The molecule has 0 aromatic heterocycles. The highest BCUT2D eigenvalue weighted by molar-refractivity contribution is 7.89. The zero-order valence-electron chi connectivity index (χ0n) is 14.2. The van der Waals surface area contributed by atoms with E-state index in [4.69, 9.17) is 10.5 Å². The smallest absolute Gasteiger partial charge is 0.276 e. The third-order valence-electron chi connectivity index (χ3n) is 3.68. The van der Waals surface area contributed by atoms with Crippen LogP contribution in [0.4, 0.5) is 0 Å². The summed E-state index contributed by atoms with van der Waals surface area (Å²) in [5.74, 6) is -0.0913. The first-order valence-electron chi connectivity index (χ1n) is 7.99. The van der Waals surface area contributed by atoms with E-state index in [1.54, 1.807) is 36.4 Å². The van der Waals surface area contributed by atoms with Crippen molar-refractivity contribution in [3.8, 4) is 5.75 Å². The minimum absolute atomic E-state index is 0.133. The predicted molar refractivity (Wildman–Crippen MR) is 103 cm³/mol. The fourth-order valence-electron chi connectivity index (χ4n) is 2.36. The Morgan fingerprint density at radius 2 is 1.74 bits per heavy atom. The van der Waals surface area contributed by atoms with Crippen molar-refractivity contribution in [3.63, 3.8) is 0 Å². The van der Waals surface area contributed by atoms with Gasteiger partial charge in [0.1, 0.15) is 5.75 Å². The van der Waals surface area contributed by atoms with E-state index in [1.807, 2.05) is 24.3 Å². The number of amides is 1. The summed E-state index contributed by atoms with van der Waals surface area (Å²) in [6, 6.07) is 19.0. The lowest BCUT2D eigenvalue weighted by Gasteiger charge is -2.05. The molecule has 0 fully saturated rings. The van der Waals surface area contributed by atoms with E-state index < -0.39 is 15.9 Å². The average Bonchev–Trinajstić information content (AvgIpc) is 2.67. The lowest BCUT2D eigenvalue weighted by molar-refractivity contribution is -0.119. The predicted octanol–water partition coefficient (Wildman–Crippen LogP) is 2.02. The number of primary amides is 1. The molecule has 0 saturated heterocycles. The summed E-state index contributed by atoms with van der Waals surface area (Å²) in [7, 11) is -3.77. The van der Waals surface area contributed by atoms with Crippen LogP contribution in [0.25, 0.3) is 10.8 Å². The first kappa shape index (κ1) is 18.4. The van der Waals surface area contributed by atoms with E-state index in [2.05, 4.69) is 9.93 Å². The van der Waals surface area contributed by atoms with Gasteiger partial charge in [-0.15, -0.1) is 0 Å². The number of hydrogen-bond donors (Lipinski definition) is 2. The molecule has 0 atom stereocenters. The van der Waals surface area contributed by atoms with Crippen LogP contribution in [0.15, 0.2) is 76.7 Å². The van der Waals surface area contributed by atoms with Crippen LogP contribution in [0.3, 0.4) is 0 Å². The number of ether oxygens (including phenoxy) is 1. The van der Waals surface area contributed by atoms with Gasteiger partial charge in [-0.1, -0.05) is 30.3 Å². The third-order valence-corrected chi connectivity index (χ3v) is 4.90. The minimum atomic E-state index is -3.77. The molecule has 3 aromatic rings. The maximum Gasteiger partial charge on any atom is 0.276 e. The van der Waals surface area contributed by atoms with Crippen LogP contribution in [0.2, 0.25) is 0 Å². The summed E-state index contributed by atoms with van der Waals surface area (Å²) in [6.07, 6.45) is 1.37. The van der Waals surface area contributed by atoms with Gasteiger partial charge in [-0.3, -0.25) is 4.79 Å². The molecule has 3 rings (SSSR count). The molecule has 3 aromatic carbocycles. The molecular weight excluding hydrogens is 366 g/mol. The molecule has 0 saturated carbocycles. The zero-order valence-corrected chi connectivity index (χ0v) is 15.0. The normalized spacial score (nSPS) is 11.6. The number of sulfonamides is 1. The van der Waals surface area contributed by atoms with Crippen molar-refractivity contribution in [2.45, 2.75) is 4.90 Å². The lowest BCUT2D eigenvalue weighted by Crippen LogP contribution is -2.20. The Morgan fingerprint density at radius 1 is 1.04 bits per heavy atom. The fraction of sp³-hybridized carbons (Fsp3) is 0.0526. The minimum Gasteiger partial charge on any atom is -0.484 e. The number of hydrazone groups is 1. The Hall–Kier alpha value is -3.39. The van der Waals surface area contributed by atoms with Crippen LogP contribution in [-0.4, -0.2) is 27.1 Å². The maximum atomic E-state index is 12.4. The molecule has 0 unspecified atom stereocenters. The maximum absolute atomic E-state index is 12.4. The monoisotopic (exact) mass is 383 g/mol. The second-order valence-corrected chi connectivity index (χ2v) is 7.35. The number of hydrogen-bond acceptors (Lipinski definition) is 5. The van der Waals surface area contributed by atoms with Crippen LogP contribution in [0, 0.1) is 0 Å². The second kappa shape index (κ2) is 7.88. The van der Waals surface area contributed by atoms with Crippen LogP contribution in [0.5, 0.6) is 5.75 Å². The topological polar surface area (TPSA) is 111 Å². The van der Waals surface area contributed by atoms with Gasteiger partial charge in [0.2, 0.25) is 0 Å². The number of benzene rings is 3. The van der Waals surface area contributed by atoms with Gasteiger partial charge < -0.3 is 10.5 Å². The van der Waals surface area contributed by atoms with Crippen molar-refractivity contribution >= 4 is 32.9 Å². The van der Waals surface area contributed by atoms with Crippen LogP contribution in [0.1, 0.15) is 5.56 Å². The van der Waals surface area contributed by atoms with Gasteiger partial charge in [-0.25, -0.2) is 4.83 Å². The first-order valence-corrected chi connectivity index (χ1v) is 9.47. The van der Waals surface area contributed by atoms with Crippen LogP contribution >= 0.6 is 0 Å². The molecule has 8 heteroatoms. The number of fused-ring (bicyclic) bond motifs is 1. The van der Waals surface area contributed by atoms with Crippen molar-refractivity contribution in [1.29, 1.82) is 0 Å². The summed E-state index contributed by atoms with van der Waals surface area (Å²) in [5.41, 5.74) is 5.66. The summed E-state index contributed by atoms with van der Waals surface area (Å²) in [6.45, 7) is -0.209. The molecule has 0 radical (unpaired) electrons. The number of rotatable bonds is 7. The van der Waals surface area contributed by atoms with E-state index in [-0.39, 0.29) is 11.5 Å². The van der Waals surface area contributed by atoms with E-state index in [1.165, 1.54) is 12.3 Å². The van der Waals surface area contributed by atoms with Gasteiger partial charge >= 0.3 is 0 Å². The van der Waals surface area contributed by atoms with Gasteiger partial charge in [0, 0.05) is 0 Å². The van der Waals surface area contributed by atoms with Gasteiger partial charge in [0.25, 0.3) is 15.9 Å². The highest BCUT2D eigenvalue weighted by Gasteiger charge is 2.13. The number of carbonyl (C=O) groups is 1. The van der Waals surface area contributed by atoms with Gasteiger partial charge in [-0.2, -0.15) is 13.5 Å². The van der Waals surface area contributed by atoms with Crippen molar-refractivity contribution < 1.29 is 17.9 Å². The van der Waals surface area contributed by atoms with E-state index in [9.17, 15) is 13.2 Å². The molecule has 0 spiro atoms. The highest BCUT2D eigenvalue weighted by atomic mass is 32.2. The van der Waals surface area contributed by atoms with Crippen molar-refractivity contribution in [3.05, 3.63) is 72.3 Å². The molecule has 0 aliphatic carbocycles. The van der Waals surface area contributed by atoms with Gasteiger partial charge in [-0.05, 0) is 52.7 Å². The summed E-state index contributed by atoms with van der Waals surface area (Å²) >= 11 is 0. The number of nitrogens with zero attached hydrogens (tertiary/aromatic N) is 1. The summed E-state index contributed by atoms with van der Waals surface area (Å²) < 4.78 is 29.9. The quantitative estimate of drug-likeness (QED) is 0.480. The van der Waals surface area contributed by atoms with Crippen molar-refractivity contribution in [2.24, 2.45) is 10.8 Å². The standard InChI is InChI=1S/C19H17N3O4S/c20-19(23)13-26-17-8-5-14(6-9-17)12-21-22-27(24,25)18-10-7-15-3-1-2-4-16(15)11-18/h1-12,22H,13H2,(H2,20,23)/b21-12+. The molecule has 0 heterocycles. The van der Waals surface area contributed by atoms with Crippen molar-refractivity contribution in [2.75, 3.05) is 6.61 Å². The van der Waals surface area contributed by atoms with Crippen molar-refractivity contribution in [1.82, 2.24) is 4.83 Å². The molecule has 0 aliphatic rings. The molecule has 0 bridgehead atoms. The van der Waals surface area contributed by atoms with E-state index >= 15 is 0 Å². The first-order chi connectivity index (χ1) is 12.9. The molecule has 3 N–H and O–H groups in total. The molecular formula is C19H17N3O4S. The zero-order chi connectivity index (χ0) is 19.3. The second-order valence-electron chi connectivity index (χ2n) is 5.69. The number of nitrogens with one attached hydrogen (secondary N) is 1. The van der Waals surface area contributed by atoms with Crippen LogP contribution < -0.4 is 15.3 Å². The lowest BCUT2D eigenvalue weighted by atomic mass is 10.1. The van der Waals surface area contributed by atoms with E-state index in [0.29, 0.717) is 11.3 Å². The SMILES string of the molecule is NC(=O)COc1ccc(/C=N/NS(=O)(=O)c2ccc3ccccc3c2)cc1.